The number of benzene rings is 5. The summed E-state index contributed by atoms with van der Waals surface area (Å²) in [6.45, 7) is 25.8. The van der Waals surface area contributed by atoms with Gasteiger partial charge in [0.25, 0.3) is 0 Å². The van der Waals surface area contributed by atoms with Gasteiger partial charge in [0.05, 0.1) is 17.7 Å². The summed E-state index contributed by atoms with van der Waals surface area (Å²) in [5, 5.41) is 2.35. The number of anilines is 2. The zero-order valence-corrected chi connectivity index (χ0v) is 36.2. The van der Waals surface area contributed by atoms with E-state index in [1.807, 2.05) is 6.20 Å². The van der Waals surface area contributed by atoms with Gasteiger partial charge in [-0.05, 0) is 98.7 Å². The zero-order valence-electron chi connectivity index (χ0n) is 36.2. The Morgan fingerprint density at radius 2 is 1.03 bits per heavy atom. The Morgan fingerprint density at radius 3 is 1.67 bits per heavy atom. The van der Waals surface area contributed by atoms with Gasteiger partial charge < -0.3 is 14.5 Å². The predicted molar refractivity (Wildman–Crippen MR) is 245 cm³/mol. The number of aromatic nitrogens is 2. The van der Waals surface area contributed by atoms with Crippen molar-refractivity contribution in [2.24, 2.45) is 0 Å². The van der Waals surface area contributed by atoms with E-state index >= 15 is 0 Å². The summed E-state index contributed by atoms with van der Waals surface area (Å²) in [7, 11) is 0. The van der Waals surface area contributed by atoms with Crippen LogP contribution in [0.5, 0.6) is 11.5 Å². The quantitative estimate of drug-likeness (QED) is 0.162. The van der Waals surface area contributed by atoms with E-state index in [1.54, 1.807) is 0 Å². The summed E-state index contributed by atoms with van der Waals surface area (Å²) in [5.41, 5.74) is 10.7. The molecule has 0 bridgehead atoms. The molecule has 0 spiro atoms. The third-order valence-corrected chi connectivity index (χ3v) is 11.9. The fourth-order valence-electron chi connectivity index (χ4n) is 7.99. The molecule has 0 N–H and O–H groups in total. The van der Waals surface area contributed by atoms with E-state index in [0.717, 1.165) is 39.4 Å². The molecule has 5 nitrogen and oxygen atoms in total. The molecule has 5 aromatic carbocycles. The van der Waals surface area contributed by atoms with Crippen LogP contribution >= 0.6 is 0 Å². The summed E-state index contributed by atoms with van der Waals surface area (Å²) in [5.74, 6) is 2.47. The molecule has 2 aromatic heterocycles. The summed E-state index contributed by atoms with van der Waals surface area (Å²) < 4.78 is 9.15. The molecule has 0 fully saturated rings. The number of rotatable bonds is 7. The molecular formula is C53H58N4O. The number of pyridine rings is 1. The van der Waals surface area contributed by atoms with Gasteiger partial charge in [-0.3, -0.25) is 4.57 Å². The Morgan fingerprint density at radius 1 is 0.466 bits per heavy atom. The average Bonchev–Trinajstić information content (AvgIpc) is 3.81. The van der Waals surface area contributed by atoms with Gasteiger partial charge in [0, 0.05) is 58.3 Å². The molecule has 58 heavy (non-hydrogen) atoms. The Balaban J connectivity index is 1.15. The number of hydrogen-bond acceptors (Lipinski definition) is 4. The second-order valence-corrected chi connectivity index (χ2v) is 19.6. The number of fused-ring (bicyclic) bond motifs is 3. The smallest absolute Gasteiger partial charge is 0.137 e. The van der Waals surface area contributed by atoms with Crippen molar-refractivity contribution in [1.29, 1.82) is 0 Å². The van der Waals surface area contributed by atoms with Gasteiger partial charge in [0.15, 0.2) is 0 Å². The summed E-state index contributed by atoms with van der Waals surface area (Å²) >= 11 is 0. The first-order valence-corrected chi connectivity index (χ1v) is 20.6. The molecule has 0 amide bonds. The summed E-state index contributed by atoms with van der Waals surface area (Å²) in [6.07, 6.45) is 6.33. The molecule has 0 aliphatic carbocycles. The SMILES string of the molecule is CC(C)(C)c1cc(Oc2ccc3c4ccccc4n(-c4cc(C(C)(C)c5ccccc5)ccn4)c3c2)cc(N2C=CN(c3cc(C(C)(C)C)cc(C(C)(C)C)c3)C2)c1. The van der Waals surface area contributed by atoms with Gasteiger partial charge in [-0.15, -0.1) is 0 Å². The van der Waals surface area contributed by atoms with Crippen molar-refractivity contribution in [2.75, 3.05) is 16.5 Å². The molecule has 3 heterocycles. The minimum atomic E-state index is -0.199. The van der Waals surface area contributed by atoms with E-state index in [-0.39, 0.29) is 21.7 Å². The molecule has 1 aliphatic rings. The molecule has 0 unspecified atom stereocenters. The average molecular weight is 767 g/mol. The standard InChI is InChI=1S/C53H58N4O/c1-50(2,3)38-27-39(51(4,5)6)29-41(28-38)55-25-26-56(35-55)42-30-40(52(7,8)9)31-44(33-42)58-43-21-22-46-45-19-15-16-20-47(45)57(48(46)34-43)49-32-37(23-24-54-49)53(10,11)36-17-13-12-14-18-36/h12-34H,35H2,1-11H3. The third-order valence-electron chi connectivity index (χ3n) is 11.9. The number of para-hydroxylation sites is 1. The van der Waals surface area contributed by atoms with Gasteiger partial charge in [-0.25, -0.2) is 4.98 Å². The summed E-state index contributed by atoms with van der Waals surface area (Å²) in [4.78, 5) is 9.64. The molecule has 1 aliphatic heterocycles. The highest BCUT2D eigenvalue weighted by Gasteiger charge is 2.27. The Kier molecular flexibility index (Phi) is 9.58. The van der Waals surface area contributed by atoms with Crippen LogP contribution in [0.2, 0.25) is 0 Å². The third kappa shape index (κ3) is 7.51. The fraction of sp³-hybridized carbons (Fsp3) is 0.302. The predicted octanol–water partition coefficient (Wildman–Crippen LogP) is 13.9. The van der Waals surface area contributed by atoms with Crippen molar-refractivity contribution in [3.63, 3.8) is 0 Å². The van der Waals surface area contributed by atoms with Crippen LogP contribution in [-0.2, 0) is 21.7 Å². The van der Waals surface area contributed by atoms with Crippen molar-refractivity contribution in [3.05, 3.63) is 168 Å². The maximum absolute atomic E-state index is 6.86. The Bertz CT molecular complexity index is 2630. The van der Waals surface area contributed by atoms with Gasteiger partial charge in [0.2, 0.25) is 0 Å². The van der Waals surface area contributed by atoms with E-state index in [4.69, 9.17) is 9.72 Å². The van der Waals surface area contributed by atoms with Crippen LogP contribution in [0.3, 0.4) is 0 Å². The van der Waals surface area contributed by atoms with Crippen molar-refractivity contribution in [1.82, 2.24) is 9.55 Å². The Hall–Kier alpha value is -5.81. The lowest BCUT2D eigenvalue weighted by molar-refractivity contribution is 0.479. The van der Waals surface area contributed by atoms with Crippen LogP contribution < -0.4 is 14.5 Å². The molecule has 296 valence electrons. The van der Waals surface area contributed by atoms with Gasteiger partial charge in [-0.2, -0.15) is 0 Å². The zero-order chi connectivity index (χ0) is 41.2. The van der Waals surface area contributed by atoms with Crippen LogP contribution in [0.15, 0.2) is 140 Å². The van der Waals surface area contributed by atoms with Crippen LogP contribution in [0, 0.1) is 0 Å². The van der Waals surface area contributed by atoms with Crippen LogP contribution in [-0.4, -0.2) is 16.2 Å². The first kappa shape index (κ1) is 39.0. The first-order chi connectivity index (χ1) is 27.4. The molecule has 0 saturated heterocycles. The van der Waals surface area contributed by atoms with Gasteiger partial charge in [0.1, 0.15) is 17.3 Å². The van der Waals surface area contributed by atoms with Crippen LogP contribution in [0.1, 0.15) is 104 Å². The van der Waals surface area contributed by atoms with E-state index in [1.165, 1.54) is 38.9 Å². The molecule has 0 radical (unpaired) electrons. The lowest BCUT2D eigenvalue weighted by atomic mass is 9.78. The van der Waals surface area contributed by atoms with E-state index in [0.29, 0.717) is 6.67 Å². The van der Waals surface area contributed by atoms with E-state index < -0.39 is 0 Å². The number of nitrogens with zero attached hydrogens (tertiary/aromatic N) is 4. The van der Waals surface area contributed by atoms with E-state index in [9.17, 15) is 0 Å². The monoisotopic (exact) mass is 766 g/mol. The highest BCUT2D eigenvalue weighted by Crippen LogP contribution is 2.40. The van der Waals surface area contributed by atoms with Gasteiger partial charge in [-0.1, -0.05) is 131 Å². The minimum Gasteiger partial charge on any atom is -0.457 e. The van der Waals surface area contributed by atoms with Crippen molar-refractivity contribution in [2.45, 2.75) is 97.8 Å². The highest BCUT2D eigenvalue weighted by molar-refractivity contribution is 6.09. The topological polar surface area (TPSA) is 33.5 Å². The molecule has 5 heteroatoms. The molecule has 8 rings (SSSR count). The molecule has 0 saturated carbocycles. The second kappa shape index (κ2) is 14.2. The number of hydrogen-bond donors (Lipinski definition) is 0. The lowest BCUT2D eigenvalue weighted by Crippen LogP contribution is -2.26. The maximum Gasteiger partial charge on any atom is 0.137 e. The molecule has 0 atom stereocenters. The highest BCUT2D eigenvalue weighted by atomic mass is 16.5. The number of ether oxygens (including phenoxy) is 1. The first-order valence-electron chi connectivity index (χ1n) is 20.6. The van der Waals surface area contributed by atoms with E-state index in [2.05, 4.69) is 224 Å². The normalized spacial score (nSPS) is 13.9. The minimum absolute atomic E-state index is 0.0453. The summed E-state index contributed by atoms with van der Waals surface area (Å²) in [6, 6.07) is 43.9. The van der Waals surface area contributed by atoms with Crippen molar-refractivity contribution >= 4 is 33.2 Å². The van der Waals surface area contributed by atoms with Gasteiger partial charge >= 0.3 is 0 Å². The molecule has 7 aromatic rings. The lowest BCUT2D eigenvalue weighted by Gasteiger charge is -2.29. The second-order valence-electron chi connectivity index (χ2n) is 19.6. The Labute approximate surface area is 345 Å². The van der Waals surface area contributed by atoms with Crippen LogP contribution in [0.25, 0.3) is 27.6 Å². The van der Waals surface area contributed by atoms with Crippen molar-refractivity contribution in [3.8, 4) is 17.3 Å². The van der Waals surface area contributed by atoms with Crippen molar-refractivity contribution < 1.29 is 4.74 Å². The largest absolute Gasteiger partial charge is 0.457 e. The maximum atomic E-state index is 6.86. The molecular weight excluding hydrogens is 709 g/mol. The fourth-order valence-corrected chi connectivity index (χ4v) is 7.99. The van der Waals surface area contributed by atoms with Crippen LogP contribution in [0.4, 0.5) is 11.4 Å².